The maximum absolute atomic E-state index is 12.1. The minimum Gasteiger partial charge on any atom is -0.454 e. The molecule has 0 saturated heterocycles. The fourth-order valence-electron chi connectivity index (χ4n) is 2.15. The first-order valence-corrected chi connectivity index (χ1v) is 6.42. The number of aryl methyl sites for hydroxylation is 3. The molecule has 110 valence electrons. The number of nitrogens with zero attached hydrogens (tertiary/aromatic N) is 1. The van der Waals surface area contributed by atoms with Gasteiger partial charge in [-0.1, -0.05) is 17.7 Å². The highest BCUT2D eigenvalue weighted by Gasteiger charge is 2.18. The molecule has 1 aromatic carbocycles. The van der Waals surface area contributed by atoms with Gasteiger partial charge >= 0.3 is 5.97 Å². The smallest absolute Gasteiger partial charge is 0.339 e. The number of rotatable bonds is 4. The predicted octanol–water partition coefficient (Wildman–Crippen LogP) is 2.09. The number of carbonyl (C=O) groups excluding carboxylic acids is 2. The normalized spacial score (nSPS) is 11.4. The third-order valence-electron chi connectivity index (χ3n) is 3.00. The summed E-state index contributed by atoms with van der Waals surface area (Å²) in [6.45, 7) is 6.51. The van der Waals surface area contributed by atoms with Gasteiger partial charge in [-0.25, -0.2) is 4.79 Å². The van der Waals surface area contributed by atoms with Gasteiger partial charge in [0.2, 0.25) is 5.78 Å². The van der Waals surface area contributed by atoms with Gasteiger partial charge in [-0.15, -0.1) is 0 Å². The second-order valence-corrected chi connectivity index (χ2v) is 4.94. The second-order valence-electron chi connectivity index (χ2n) is 4.94. The van der Waals surface area contributed by atoms with E-state index in [1.807, 2.05) is 32.9 Å². The van der Waals surface area contributed by atoms with Gasteiger partial charge in [0.15, 0.2) is 6.61 Å². The van der Waals surface area contributed by atoms with Crippen molar-refractivity contribution >= 4 is 11.8 Å². The van der Waals surface area contributed by atoms with E-state index in [0.717, 1.165) is 16.7 Å². The van der Waals surface area contributed by atoms with Crippen LogP contribution in [0.1, 0.15) is 34.0 Å². The third-order valence-corrected chi connectivity index (χ3v) is 3.00. The lowest BCUT2D eigenvalue weighted by molar-refractivity contribution is -0.118. The number of Topliss-reactive ketones (excluding diaryl/α,β-unsaturated/α-hetero) is 1. The van der Waals surface area contributed by atoms with Crippen LogP contribution in [0.25, 0.3) is 0 Å². The molecular formula is C16H18N2O3. The summed E-state index contributed by atoms with van der Waals surface area (Å²) in [5.41, 5.74) is 8.43. The quantitative estimate of drug-likeness (QED) is 0.519. The monoisotopic (exact) mass is 286 g/mol. The highest BCUT2D eigenvalue weighted by Crippen LogP contribution is 2.17. The summed E-state index contributed by atoms with van der Waals surface area (Å²) in [5, 5.41) is 8.82. The highest BCUT2D eigenvalue weighted by molar-refractivity contribution is 6.02. The fourth-order valence-corrected chi connectivity index (χ4v) is 2.15. The lowest BCUT2D eigenvalue weighted by Crippen LogP contribution is -2.18. The highest BCUT2D eigenvalue weighted by atomic mass is 16.5. The fraction of sp³-hybridized carbons (Fsp3) is 0.312. The van der Waals surface area contributed by atoms with E-state index < -0.39 is 18.4 Å². The maximum Gasteiger partial charge on any atom is 0.339 e. The Balaban J connectivity index is 2.88. The number of carbonyl (C=O) groups is 2. The Labute approximate surface area is 124 Å². The number of benzene rings is 1. The summed E-state index contributed by atoms with van der Waals surface area (Å²) in [5.74, 6) is -1.18. The van der Waals surface area contributed by atoms with Crippen LogP contribution in [-0.2, 0) is 9.53 Å². The van der Waals surface area contributed by atoms with Crippen LogP contribution in [0.5, 0.6) is 0 Å². The van der Waals surface area contributed by atoms with Gasteiger partial charge in [0.05, 0.1) is 5.56 Å². The third kappa shape index (κ3) is 3.93. The number of ketones is 1. The topological polar surface area (TPSA) is 93.2 Å². The molecule has 5 heteroatoms. The van der Waals surface area contributed by atoms with Gasteiger partial charge in [0, 0.05) is 5.70 Å². The molecule has 0 atom stereocenters. The van der Waals surface area contributed by atoms with E-state index >= 15 is 0 Å². The van der Waals surface area contributed by atoms with E-state index in [1.165, 1.54) is 6.92 Å². The number of nitriles is 1. The average Bonchev–Trinajstić information content (AvgIpc) is 2.35. The molecular weight excluding hydrogens is 268 g/mol. The first-order valence-electron chi connectivity index (χ1n) is 6.42. The van der Waals surface area contributed by atoms with E-state index in [1.54, 1.807) is 6.07 Å². The summed E-state index contributed by atoms with van der Waals surface area (Å²) >= 11 is 0. The van der Waals surface area contributed by atoms with Gasteiger partial charge in [0.1, 0.15) is 11.6 Å². The lowest BCUT2D eigenvalue weighted by atomic mass is 10.00. The van der Waals surface area contributed by atoms with E-state index in [0.29, 0.717) is 5.56 Å². The Hall–Kier alpha value is -2.61. The van der Waals surface area contributed by atoms with Crippen molar-refractivity contribution in [2.75, 3.05) is 6.61 Å². The number of esters is 1. The molecule has 2 N–H and O–H groups in total. The first-order chi connectivity index (χ1) is 9.77. The van der Waals surface area contributed by atoms with Crippen molar-refractivity contribution in [2.45, 2.75) is 27.7 Å². The lowest BCUT2D eigenvalue weighted by Gasteiger charge is -2.10. The molecule has 0 unspecified atom stereocenters. The molecule has 21 heavy (non-hydrogen) atoms. The minimum absolute atomic E-state index is 0.112. The molecule has 0 spiro atoms. The Morgan fingerprint density at radius 2 is 1.76 bits per heavy atom. The molecule has 0 radical (unpaired) electrons. The van der Waals surface area contributed by atoms with E-state index in [-0.39, 0.29) is 11.3 Å². The molecule has 1 rings (SSSR count). The van der Waals surface area contributed by atoms with Crippen LogP contribution in [0.15, 0.2) is 23.4 Å². The zero-order valence-corrected chi connectivity index (χ0v) is 12.6. The molecule has 0 aromatic heterocycles. The zero-order chi connectivity index (χ0) is 16.2. The summed E-state index contributed by atoms with van der Waals surface area (Å²) in [6.07, 6.45) is 0. The Bertz CT molecular complexity index is 640. The predicted molar refractivity (Wildman–Crippen MR) is 78.4 cm³/mol. The summed E-state index contributed by atoms with van der Waals surface area (Å²) < 4.78 is 5.00. The van der Waals surface area contributed by atoms with Crippen LogP contribution in [-0.4, -0.2) is 18.4 Å². The zero-order valence-electron chi connectivity index (χ0n) is 12.6. The van der Waals surface area contributed by atoms with Gasteiger partial charge in [-0.2, -0.15) is 5.26 Å². The molecule has 0 amide bonds. The van der Waals surface area contributed by atoms with Crippen molar-refractivity contribution in [2.24, 2.45) is 5.73 Å². The van der Waals surface area contributed by atoms with Crippen LogP contribution in [0.4, 0.5) is 0 Å². The van der Waals surface area contributed by atoms with Crippen LogP contribution in [0, 0.1) is 32.1 Å². The molecule has 0 bridgehead atoms. The average molecular weight is 286 g/mol. The molecule has 0 fully saturated rings. The van der Waals surface area contributed by atoms with Crippen molar-refractivity contribution in [3.05, 3.63) is 45.7 Å². The number of nitrogens with two attached hydrogens (primary N) is 1. The van der Waals surface area contributed by atoms with Crippen molar-refractivity contribution < 1.29 is 14.3 Å². The van der Waals surface area contributed by atoms with Gasteiger partial charge in [-0.3, -0.25) is 4.79 Å². The largest absolute Gasteiger partial charge is 0.454 e. The van der Waals surface area contributed by atoms with Crippen LogP contribution in [0.3, 0.4) is 0 Å². The Morgan fingerprint density at radius 1 is 1.24 bits per heavy atom. The van der Waals surface area contributed by atoms with Crippen molar-refractivity contribution in [3.8, 4) is 6.07 Å². The van der Waals surface area contributed by atoms with Crippen LogP contribution >= 0.6 is 0 Å². The van der Waals surface area contributed by atoms with E-state index in [4.69, 9.17) is 15.7 Å². The second kappa shape index (κ2) is 6.71. The Morgan fingerprint density at radius 3 is 2.19 bits per heavy atom. The standard InChI is InChI=1S/C16H18N2O3/c1-9-5-10(2)15(11(3)6-9)16(20)21-8-14(19)13(7-17)12(4)18/h5-6H,8,18H2,1-4H3/b13-12+. The number of allylic oxidation sites excluding steroid dienone is 1. The van der Waals surface area contributed by atoms with E-state index in [2.05, 4.69) is 0 Å². The van der Waals surface area contributed by atoms with Crippen LogP contribution < -0.4 is 5.73 Å². The molecule has 5 nitrogen and oxygen atoms in total. The maximum atomic E-state index is 12.1. The van der Waals surface area contributed by atoms with Gasteiger partial charge in [-0.05, 0) is 38.8 Å². The van der Waals surface area contributed by atoms with Gasteiger partial charge < -0.3 is 10.5 Å². The number of hydrogen-bond donors (Lipinski definition) is 1. The minimum atomic E-state index is -0.603. The SMILES string of the molecule is C/C(N)=C(/C#N)C(=O)COC(=O)c1c(C)cc(C)cc1C. The Kier molecular flexibility index (Phi) is 5.25. The summed E-state index contributed by atoms with van der Waals surface area (Å²) in [4.78, 5) is 23.8. The van der Waals surface area contributed by atoms with Crippen molar-refractivity contribution in [3.63, 3.8) is 0 Å². The van der Waals surface area contributed by atoms with Crippen molar-refractivity contribution in [1.82, 2.24) is 0 Å². The molecule has 0 aliphatic carbocycles. The first kappa shape index (κ1) is 16.4. The number of hydrogen-bond acceptors (Lipinski definition) is 5. The molecule has 0 saturated carbocycles. The molecule has 1 aromatic rings. The summed E-state index contributed by atoms with van der Waals surface area (Å²) in [6, 6.07) is 5.45. The van der Waals surface area contributed by atoms with E-state index in [9.17, 15) is 9.59 Å². The number of ether oxygens (including phenoxy) is 1. The summed E-state index contributed by atoms with van der Waals surface area (Å²) in [7, 11) is 0. The van der Waals surface area contributed by atoms with Crippen molar-refractivity contribution in [1.29, 1.82) is 5.26 Å². The van der Waals surface area contributed by atoms with Crippen LogP contribution in [0.2, 0.25) is 0 Å². The molecule has 0 aliphatic heterocycles. The molecule has 0 heterocycles. The molecule has 0 aliphatic rings. The van der Waals surface area contributed by atoms with Gasteiger partial charge in [0.25, 0.3) is 0 Å².